The highest BCUT2D eigenvalue weighted by Crippen LogP contribution is 2.20. The Balaban J connectivity index is 1.93. The zero-order valence-electron chi connectivity index (χ0n) is 15.8. The monoisotopic (exact) mass is 358 g/mol. The molecule has 5 nitrogen and oxygen atoms in total. The first-order valence-corrected chi connectivity index (χ1v) is 10.1. The molecule has 0 aromatic heterocycles. The molecule has 0 aromatic rings. The first kappa shape index (κ1) is 22.6. The average molecular weight is 359 g/mol. The van der Waals surface area contributed by atoms with Crippen LogP contribution in [0.5, 0.6) is 0 Å². The highest BCUT2D eigenvalue weighted by molar-refractivity contribution is 4.88. The number of hydrogen-bond acceptors (Lipinski definition) is 5. The van der Waals surface area contributed by atoms with E-state index in [1.807, 2.05) is 0 Å². The summed E-state index contributed by atoms with van der Waals surface area (Å²) >= 11 is 0. The van der Waals surface area contributed by atoms with Crippen LogP contribution in [0.25, 0.3) is 0 Å². The maximum atomic E-state index is 10.0. The summed E-state index contributed by atoms with van der Waals surface area (Å²) in [7, 11) is 0. The van der Waals surface area contributed by atoms with Crippen molar-refractivity contribution >= 4 is 0 Å². The molecule has 1 aliphatic rings. The molecule has 0 amide bonds. The molecule has 1 aliphatic heterocycles. The molecule has 0 saturated carbocycles. The van der Waals surface area contributed by atoms with Gasteiger partial charge in [0.25, 0.3) is 0 Å². The van der Waals surface area contributed by atoms with Gasteiger partial charge in [-0.05, 0) is 32.1 Å². The van der Waals surface area contributed by atoms with Crippen molar-refractivity contribution in [3.8, 4) is 0 Å². The molecule has 1 rings (SSSR count). The third-order valence-corrected chi connectivity index (χ3v) is 4.72. The second kappa shape index (κ2) is 14.7. The van der Waals surface area contributed by atoms with Crippen molar-refractivity contribution in [1.82, 2.24) is 0 Å². The molecule has 0 unspecified atom stereocenters. The van der Waals surface area contributed by atoms with E-state index in [-0.39, 0.29) is 6.61 Å². The van der Waals surface area contributed by atoms with E-state index in [2.05, 4.69) is 19.1 Å². The smallest absolute Gasteiger partial charge is 0.114 e. The first-order valence-electron chi connectivity index (χ1n) is 10.1. The largest absolute Gasteiger partial charge is 0.394 e. The van der Waals surface area contributed by atoms with Crippen LogP contribution in [-0.2, 0) is 9.47 Å². The van der Waals surface area contributed by atoms with Crippen LogP contribution in [0.3, 0.4) is 0 Å². The van der Waals surface area contributed by atoms with Gasteiger partial charge in [0.15, 0.2) is 0 Å². The number of aliphatic hydroxyl groups excluding tert-OH is 3. The van der Waals surface area contributed by atoms with Crippen LogP contribution in [0.4, 0.5) is 0 Å². The Kier molecular flexibility index (Phi) is 13.3. The Morgan fingerprint density at radius 2 is 1.68 bits per heavy atom. The molecule has 1 saturated heterocycles. The number of unbranched alkanes of at least 4 members (excludes halogenated alkanes) is 8. The lowest BCUT2D eigenvalue weighted by Crippen LogP contribution is -2.41. The second-order valence-electron chi connectivity index (χ2n) is 6.97. The number of allylic oxidation sites excluding steroid dienone is 2. The lowest BCUT2D eigenvalue weighted by molar-refractivity contribution is -0.0730. The highest BCUT2D eigenvalue weighted by atomic mass is 16.6. The molecule has 148 valence electrons. The minimum absolute atomic E-state index is 0.265. The molecule has 25 heavy (non-hydrogen) atoms. The molecule has 0 spiro atoms. The lowest BCUT2D eigenvalue weighted by atomic mass is 10.1. The van der Waals surface area contributed by atoms with E-state index >= 15 is 0 Å². The van der Waals surface area contributed by atoms with E-state index in [0.29, 0.717) is 6.61 Å². The third kappa shape index (κ3) is 9.71. The minimum Gasteiger partial charge on any atom is -0.394 e. The van der Waals surface area contributed by atoms with Crippen molar-refractivity contribution in [1.29, 1.82) is 0 Å². The summed E-state index contributed by atoms with van der Waals surface area (Å²) in [6.07, 6.45) is 13.8. The summed E-state index contributed by atoms with van der Waals surface area (Å²) in [5.74, 6) is 0. The van der Waals surface area contributed by atoms with E-state index < -0.39 is 31.0 Å². The molecule has 0 aromatic carbocycles. The van der Waals surface area contributed by atoms with Crippen LogP contribution in [0, 0.1) is 0 Å². The van der Waals surface area contributed by atoms with Crippen molar-refractivity contribution in [2.24, 2.45) is 0 Å². The average Bonchev–Trinajstić information content (AvgIpc) is 2.99. The summed E-state index contributed by atoms with van der Waals surface area (Å²) in [6.45, 7) is 2.68. The minimum atomic E-state index is -1.06. The van der Waals surface area contributed by atoms with Crippen molar-refractivity contribution < 1.29 is 24.8 Å². The van der Waals surface area contributed by atoms with Crippen LogP contribution in [0.1, 0.15) is 71.1 Å². The normalized spacial score (nSPS) is 25.0. The van der Waals surface area contributed by atoms with Gasteiger partial charge in [-0.2, -0.15) is 0 Å². The van der Waals surface area contributed by atoms with Crippen molar-refractivity contribution in [2.45, 2.75) is 95.5 Å². The van der Waals surface area contributed by atoms with Crippen LogP contribution in [0.2, 0.25) is 0 Å². The summed E-state index contributed by atoms with van der Waals surface area (Å²) < 4.78 is 10.9. The van der Waals surface area contributed by atoms with E-state index in [1.54, 1.807) is 0 Å². The van der Waals surface area contributed by atoms with Gasteiger partial charge < -0.3 is 24.8 Å². The Bertz CT molecular complexity index is 334. The maximum Gasteiger partial charge on any atom is 0.114 e. The molecule has 1 heterocycles. The molecular formula is C20H38O5. The molecule has 0 aliphatic carbocycles. The molecule has 1 fully saturated rings. The fraction of sp³-hybridized carbons (Fsp3) is 0.900. The number of hydrogen-bond donors (Lipinski definition) is 3. The number of rotatable bonds is 15. The molecular weight excluding hydrogens is 320 g/mol. The summed E-state index contributed by atoms with van der Waals surface area (Å²) in [5.41, 5.74) is 0. The zero-order valence-corrected chi connectivity index (χ0v) is 15.8. The molecule has 0 radical (unpaired) electrons. The third-order valence-electron chi connectivity index (χ3n) is 4.72. The second-order valence-corrected chi connectivity index (χ2v) is 6.97. The van der Waals surface area contributed by atoms with Crippen molar-refractivity contribution in [2.75, 3.05) is 19.8 Å². The Hall–Kier alpha value is -0.460. The van der Waals surface area contributed by atoms with Gasteiger partial charge >= 0.3 is 0 Å². The van der Waals surface area contributed by atoms with Crippen LogP contribution in [-0.4, -0.2) is 59.6 Å². The Morgan fingerprint density at radius 3 is 2.36 bits per heavy atom. The number of aliphatic hydroxyl groups is 3. The highest BCUT2D eigenvalue weighted by Gasteiger charge is 2.40. The van der Waals surface area contributed by atoms with Crippen LogP contribution in [0.15, 0.2) is 12.2 Å². The Morgan fingerprint density at radius 1 is 1.04 bits per heavy atom. The Labute approximate surface area is 153 Å². The van der Waals surface area contributed by atoms with Gasteiger partial charge in [0, 0.05) is 6.61 Å². The fourth-order valence-electron chi connectivity index (χ4n) is 3.08. The molecule has 5 heteroatoms. The van der Waals surface area contributed by atoms with E-state index in [9.17, 15) is 10.2 Å². The quantitative estimate of drug-likeness (QED) is 0.310. The molecule has 4 atom stereocenters. The van der Waals surface area contributed by atoms with Crippen molar-refractivity contribution in [3.63, 3.8) is 0 Å². The standard InChI is InChI=1S/C20H38O5/c1-2-3-4-5-6-7-8-9-10-11-12-13-14-24-18-16-25-20(19(18)23)17(22)15-21/h9-10,17-23H,2-8,11-16H2,1H3/b10-9+/t17-,18+,19+,20+/m1/s1. The fourth-order valence-corrected chi connectivity index (χ4v) is 3.08. The summed E-state index contributed by atoms with van der Waals surface area (Å²) in [4.78, 5) is 0. The maximum absolute atomic E-state index is 10.0. The van der Waals surface area contributed by atoms with Gasteiger partial charge in [-0.3, -0.25) is 0 Å². The van der Waals surface area contributed by atoms with Gasteiger partial charge in [0.05, 0.1) is 13.2 Å². The van der Waals surface area contributed by atoms with Gasteiger partial charge in [-0.25, -0.2) is 0 Å². The van der Waals surface area contributed by atoms with Gasteiger partial charge in [-0.1, -0.05) is 51.2 Å². The summed E-state index contributed by atoms with van der Waals surface area (Å²) in [5, 5.41) is 28.5. The topological polar surface area (TPSA) is 79.2 Å². The molecule has 0 bridgehead atoms. The predicted molar refractivity (Wildman–Crippen MR) is 99.6 cm³/mol. The van der Waals surface area contributed by atoms with Gasteiger partial charge in [0.1, 0.15) is 24.4 Å². The van der Waals surface area contributed by atoms with Gasteiger partial charge in [0.2, 0.25) is 0 Å². The molecule has 3 N–H and O–H groups in total. The predicted octanol–water partition coefficient (Wildman–Crippen LogP) is 2.96. The summed E-state index contributed by atoms with van der Waals surface area (Å²) in [6, 6.07) is 0. The SMILES string of the molecule is CCCCCCCC/C=C/CCCCO[C@H]1CO[C@@H]([C@H](O)CO)[C@H]1O. The first-order chi connectivity index (χ1) is 12.2. The van der Waals surface area contributed by atoms with E-state index in [4.69, 9.17) is 14.6 Å². The van der Waals surface area contributed by atoms with Crippen molar-refractivity contribution in [3.05, 3.63) is 12.2 Å². The zero-order chi connectivity index (χ0) is 18.3. The van der Waals surface area contributed by atoms with Gasteiger partial charge in [-0.15, -0.1) is 0 Å². The lowest BCUT2D eigenvalue weighted by Gasteiger charge is -2.20. The van der Waals surface area contributed by atoms with Crippen LogP contribution < -0.4 is 0 Å². The van der Waals surface area contributed by atoms with E-state index in [1.165, 1.54) is 44.9 Å². The number of ether oxygens (including phenoxy) is 2. The van der Waals surface area contributed by atoms with E-state index in [0.717, 1.165) is 19.3 Å². The van der Waals surface area contributed by atoms with Crippen LogP contribution >= 0.6 is 0 Å².